The molecule has 9 rings (SSSR count). The van der Waals surface area contributed by atoms with Crippen molar-refractivity contribution in [3.05, 3.63) is 87.2 Å². The molecule has 2 aliphatic carbocycles. The van der Waals surface area contributed by atoms with Crippen molar-refractivity contribution >= 4 is 63.7 Å². The van der Waals surface area contributed by atoms with Gasteiger partial charge in [0, 0.05) is 81.7 Å². The Morgan fingerprint density at radius 3 is 2.24 bits per heavy atom. The van der Waals surface area contributed by atoms with Crippen LogP contribution in [0.15, 0.2) is 48.5 Å². The minimum absolute atomic E-state index is 0.0674. The molecule has 15 nitrogen and oxygen atoms in total. The highest BCUT2D eigenvalue weighted by Gasteiger charge is 2.41. The van der Waals surface area contributed by atoms with Crippen molar-refractivity contribution in [3.8, 4) is 5.75 Å². The van der Waals surface area contributed by atoms with E-state index in [2.05, 4.69) is 25.5 Å². The van der Waals surface area contributed by atoms with Gasteiger partial charge < -0.3 is 25.0 Å². The second-order valence-electron chi connectivity index (χ2n) is 20.6. The summed E-state index contributed by atoms with van der Waals surface area (Å²) in [5.74, 6) is 0.491. The monoisotopic (exact) mass is 1010 g/mol. The van der Waals surface area contributed by atoms with E-state index in [1.807, 2.05) is 21.9 Å². The van der Waals surface area contributed by atoms with Crippen molar-refractivity contribution in [2.45, 2.75) is 103 Å². The van der Waals surface area contributed by atoms with E-state index in [4.69, 9.17) is 16.3 Å². The Morgan fingerprint density at radius 2 is 1.58 bits per heavy atom. The first-order valence-corrected chi connectivity index (χ1v) is 25.5. The van der Waals surface area contributed by atoms with Gasteiger partial charge in [0.15, 0.2) is 0 Å². The van der Waals surface area contributed by atoms with Gasteiger partial charge in [0.25, 0.3) is 5.91 Å². The summed E-state index contributed by atoms with van der Waals surface area (Å²) in [5.41, 5.74) is 1.32. The number of imide groups is 1. The molecule has 4 aromatic rings. The molecule has 1 spiro atoms. The molecule has 0 bridgehead atoms. The van der Waals surface area contributed by atoms with E-state index in [1.54, 1.807) is 39.2 Å². The first-order valence-electron chi connectivity index (χ1n) is 25.2. The molecule has 2 saturated carbocycles. The molecule has 3 aromatic carbocycles. The molecule has 5 aliphatic rings. The SMILES string of the molecule is COc1cc2nc(C)nc(N[C@H](C)c3cc(C(=O)O)cc(C(F)(F)F)c3)c2cc1C1CCC(C(=O)N2CCN(CC3CCC4(CC3)CCN(C(=O)c3ccc(Cl)c(N5CCC(=O)NC5=O)c3)CC4)CC2)CC1. The fourth-order valence-electron chi connectivity index (χ4n) is 11.8. The Morgan fingerprint density at radius 1 is 0.875 bits per heavy atom. The molecule has 0 unspecified atom stereocenters. The van der Waals surface area contributed by atoms with Gasteiger partial charge in [-0.3, -0.25) is 29.5 Å². The van der Waals surface area contributed by atoms with Gasteiger partial charge in [-0.25, -0.2) is 19.6 Å². The molecule has 3 N–H and O–H groups in total. The number of halogens is 4. The normalized spacial score (nSPS) is 21.7. The Kier molecular flexibility index (Phi) is 14.7. The number of hydrogen-bond acceptors (Lipinski definition) is 10. The number of aromatic nitrogens is 2. The summed E-state index contributed by atoms with van der Waals surface area (Å²) >= 11 is 6.44. The van der Waals surface area contributed by atoms with Gasteiger partial charge in [-0.05, 0) is 149 Å². The highest BCUT2D eigenvalue weighted by molar-refractivity contribution is 6.34. The number of fused-ring (bicyclic) bond motifs is 1. The van der Waals surface area contributed by atoms with Crippen LogP contribution in [0.1, 0.15) is 133 Å². The molecule has 5 amide bonds. The van der Waals surface area contributed by atoms with E-state index < -0.39 is 35.3 Å². The number of rotatable bonds is 11. The minimum atomic E-state index is -4.73. The molecule has 4 heterocycles. The number of benzene rings is 3. The van der Waals surface area contributed by atoms with E-state index in [0.717, 1.165) is 95.5 Å². The Bertz CT molecular complexity index is 2740. The van der Waals surface area contributed by atoms with Crippen molar-refractivity contribution in [2.75, 3.05) is 69.7 Å². The van der Waals surface area contributed by atoms with Crippen LogP contribution in [-0.4, -0.2) is 119 Å². The van der Waals surface area contributed by atoms with Crippen molar-refractivity contribution in [2.24, 2.45) is 17.3 Å². The number of ether oxygens (including phenoxy) is 1. The number of anilines is 2. The summed E-state index contributed by atoms with van der Waals surface area (Å²) in [7, 11) is 1.61. The smallest absolute Gasteiger partial charge is 0.416 e. The number of nitrogens with zero attached hydrogens (tertiary/aromatic N) is 6. The quantitative estimate of drug-likeness (QED) is 0.130. The number of piperidine rings is 1. The van der Waals surface area contributed by atoms with Gasteiger partial charge in [0.05, 0.1) is 40.5 Å². The molecule has 384 valence electrons. The van der Waals surface area contributed by atoms with Crippen LogP contribution in [0, 0.1) is 24.2 Å². The first kappa shape index (κ1) is 50.9. The second kappa shape index (κ2) is 20.8. The van der Waals surface area contributed by atoms with Crippen molar-refractivity contribution in [1.29, 1.82) is 0 Å². The number of aromatic carboxylic acids is 1. The van der Waals surface area contributed by atoms with E-state index in [1.165, 1.54) is 11.0 Å². The number of nitrogens with one attached hydrogen (secondary N) is 2. The van der Waals surface area contributed by atoms with Gasteiger partial charge in [0.1, 0.15) is 17.4 Å². The average molecular weight is 1020 g/mol. The largest absolute Gasteiger partial charge is 0.496 e. The molecule has 3 aliphatic heterocycles. The van der Waals surface area contributed by atoms with Crippen molar-refractivity contribution in [1.82, 2.24) is 30.0 Å². The topological polar surface area (TPSA) is 178 Å². The van der Waals surface area contributed by atoms with E-state index in [9.17, 15) is 42.3 Å². The Labute approximate surface area is 421 Å². The van der Waals surface area contributed by atoms with Crippen LogP contribution in [0.5, 0.6) is 5.75 Å². The van der Waals surface area contributed by atoms with E-state index in [0.29, 0.717) is 82.7 Å². The van der Waals surface area contributed by atoms with Crippen LogP contribution >= 0.6 is 11.6 Å². The molecule has 5 fully saturated rings. The number of carboxylic acids is 1. The fraction of sp³-hybridized carbons (Fsp3) is 0.528. The molecule has 3 saturated heterocycles. The predicted octanol–water partition coefficient (Wildman–Crippen LogP) is 9.47. The Hall–Kier alpha value is -6.01. The molecule has 19 heteroatoms. The van der Waals surface area contributed by atoms with Gasteiger partial charge >= 0.3 is 18.2 Å². The second-order valence-corrected chi connectivity index (χ2v) is 21.0. The number of carboxylic acid groups (broad SMARTS) is 1. The van der Waals surface area contributed by atoms with Crippen LogP contribution in [0.3, 0.4) is 0 Å². The lowest BCUT2D eigenvalue weighted by atomic mass is 9.65. The third kappa shape index (κ3) is 11.0. The molecular formula is C53H62ClF3N8O7. The summed E-state index contributed by atoms with van der Waals surface area (Å²) in [6, 6.07) is 10.4. The fourth-order valence-corrected chi connectivity index (χ4v) is 12.0. The number of carbonyl (C=O) groups is 5. The minimum Gasteiger partial charge on any atom is -0.496 e. The highest BCUT2D eigenvalue weighted by atomic mass is 35.5. The number of piperazine rings is 1. The number of urea groups is 1. The zero-order valence-electron chi connectivity index (χ0n) is 41.0. The summed E-state index contributed by atoms with van der Waals surface area (Å²) < 4.78 is 47.2. The highest BCUT2D eigenvalue weighted by Crippen LogP contribution is 2.47. The maximum Gasteiger partial charge on any atom is 0.416 e. The summed E-state index contributed by atoms with van der Waals surface area (Å²) in [5, 5.41) is 16.1. The van der Waals surface area contributed by atoms with Gasteiger partial charge in [-0.2, -0.15) is 13.2 Å². The van der Waals surface area contributed by atoms with E-state index >= 15 is 0 Å². The van der Waals surface area contributed by atoms with Crippen LogP contribution in [0.2, 0.25) is 5.02 Å². The van der Waals surface area contributed by atoms with Crippen LogP contribution in [-0.2, 0) is 15.8 Å². The van der Waals surface area contributed by atoms with Crippen LogP contribution < -0.4 is 20.3 Å². The van der Waals surface area contributed by atoms with Crippen molar-refractivity contribution < 1.29 is 47.0 Å². The number of aryl methyl sites for hydroxylation is 1. The molecule has 1 atom stereocenters. The third-order valence-corrected chi connectivity index (χ3v) is 16.4. The lowest BCUT2D eigenvalue weighted by Gasteiger charge is -2.47. The number of amides is 5. The predicted molar refractivity (Wildman–Crippen MR) is 265 cm³/mol. The number of likely N-dealkylation sites (tertiary alicyclic amines) is 1. The average Bonchev–Trinajstić information content (AvgIpc) is 3.36. The molecular weight excluding hydrogens is 953 g/mol. The zero-order chi connectivity index (χ0) is 51.1. The summed E-state index contributed by atoms with van der Waals surface area (Å²) in [4.78, 5) is 80.7. The van der Waals surface area contributed by atoms with E-state index in [-0.39, 0.29) is 53.5 Å². The molecule has 72 heavy (non-hydrogen) atoms. The first-order chi connectivity index (χ1) is 34.4. The lowest BCUT2D eigenvalue weighted by Crippen LogP contribution is -2.52. The lowest BCUT2D eigenvalue weighted by molar-refractivity contribution is -0.139. The molecule has 0 radical (unpaired) electrons. The zero-order valence-corrected chi connectivity index (χ0v) is 41.7. The maximum atomic E-state index is 14.0. The van der Waals surface area contributed by atoms with Crippen molar-refractivity contribution in [3.63, 3.8) is 0 Å². The standard InChI is InChI=1S/C53H62ClF3N8O7/c1-31(37-24-38(50(69)70)26-39(25-37)53(55,56)57)58-47-41-28-40(45(72-3)29-43(41)59-32(2)60-47)34-4-6-35(7-5-34)48(67)64-22-20-62(21-23-64)30-33-10-13-52(14-11-33)15-18-63(19-16-52)49(68)36-8-9-42(54)44(27-36)65-17-12-46(66)61-51(65)71/h8-9,24-29,31,33-35H,4-7,10-23,30H2,1-3H3,(H,69,70)(H,58,59,60)(H,61,66,71)/t31-,34?,35?/m1/s1. The Balaban J connectivity index is 0.742. The maximum absolute atomic E-state index is 14.0. The number of carbonyl (C=O) groups excluding carboxylic acids is 4. The summed E-state index contributed by atoms with van der Waals surface area (Å²) in [6.45, 7) is 9.10. The number of alkyl halides is 3. The molecule has 1 aromatic heterocycles. The summed E-state index contributed by atoms with van der Waals surface area (Å²) in [6.07, 6.45) is 4.97. The van der Waals surface area contributed by atoms with Gasteiger partial charge in [0.2, 0.25) is 11.8 Å². The van der Waals surface area contributed by atoms with Gasteiger partial charge in [-0.15, -0.1) is 0 Å². The number of methoxy groups -OCH3 is 1. The van der Waals surface area contributed by atoms with Gasteiger partial charge in [-0.1, -0.05) is 11.6 Å². The van der Waals surface area contributed by atoms with Crippen LogP contribution in [0.25, 0.3) is 10.9 Å². The third-order valence-electron chi connectivity index (χ3n) is 16.1. The van der Waals surface area contributed by atoms with Crippen LogP contribution in [0.4, 0.5) is 29.5 Å². The number of hydrogen-bond donors (Lipinski definition) is 3.